The minimum absolute atomic E-state index is 0.0673. The normalized spacial score (nSPS) is 18.4. The number of carbonyl (C=O) groups excluding carboxylic acids is 1. The Hall–Kier alpha value is -2.31. The summed E-state index contributed by atoms with van der Waals surface area (Å²) in [5, 5.41) is 6.60. The van der Waals surface area contributed by atoms with Crippen LogP contribution in [0.4, 0.5) is 0 Å². The van der Waals surface area contributed by atoms with Gasteiger partial charge in [-0.25, -0.2) is 5.10 Å². The molecule has 20 heavy (non-hydrogen) atoms. The Balaban J connectivity index is 2.43. The van der Waals surface area contributed by atoms with Crippen LogP contribution in [-0.2, 0) is 0 Å². The molecule has 0 bridgehead atoms. The summed E-state index contributed by atoms with van der Waals surface area (Å²) >= 11 is 0. The average Bonchev–Trinajstić information content (AvgIpc) is 2.79. The molecule has 0 aliphatic carbocycles. The summed E-state index contributed by atoms with van der Waals surface area (Å²) in [5.41, 5.74) is 0.725. The molecule has 7 heteroatoms. The molecule has 3 heterocycles. The molecular weight excluding hydrogens is 260 g/mol. The molecule has 2 aromatic rings. The quantitative estimate of drug-likeness (QED) is 0.878. The van der Waals surface area contributed by atoms with Gasteiger partial charge < -0.3 is 14.2 Å². The number of ether oxygens (including phenoxy) is 1. The van der Waals surface area contributed by atoms with Gasteiger partial charge in [0, 0.05) is 19.1 Å². The highest BCUT2D eigenvalue weighted by molar-refractivity contribution is 6.04. The van der Waals surface area contributed by atoms with Gasteiger partial charge in [0.05, 0.1) is 18.8 Å². The maximum absolute atomic E-state index is 12.5. The number of aromatic nitrogens is 3. The summed E-state index contributed by atoms with van der Waals surface area (Å²) in [6.45, 7) is 5.19. The molecule has 0 spiro atoms. The van der Waals surface area contributed by atoms with Crippen molar-refractivity contribution in [1.82, 2.24) is 19.7 Å². The third-order valence-corrected chi connectivity index (χ3v) is 3.78. The highest BCUT2D eigenvalue weighted by Gasteiger charge is 2.35. The first-order valence-corrected chi connectivity index (χ1v) is 6.55. The Morgan fingerprint density at radius 1 is 1.50 bits per heavy atom. The predicted molar refractivity (Wildman–Crippen MR) is 73.2 cm³/mol. The van der Waals surface area contributed by atoms with Crippen molar-refractivity contribution in [3.05, 3.63) is 22.2 Å². The summed E-state index contributed by atoms with van der Waals surface area (Å²) in [5.74, 6) is 0.219. The molecule has 2 aromatic heterocycles. The monoisotopic (exact) mass is 276 g/mol. The van der Waals surface area contributed by atoms with E-state index in [0.29, 0.717) is 35.4 Å². The van der Waals surface area contributed by atoms with E-state index in [4.69, 9.17) is 4.74 Å². The SMILES string of the molecule is CCN1CC(C)n2c(c(OC)c3c(=O)[nH]ncc32)C1=O. The van der Waals surface area contributed by atoms with Crippen LogP contribution >= 0.6 is 0 Å². The largest absolute Gasteiger partial charge is 0.493 e. The minimum atomic E-state index is -0.343. The van der Waals surface area contributed by atoms with E-state index in [-0.39, 0.29) is 17.5 Å². The number of hydrogen-bond acceptors (Lipinski definition) is 4. The fraction of sp³-hybridized carbons (Fsp3) is 0.462. The second-order valence-electron chi connectivity index (χ2n) is 4.90. The Kier molecular flexibility index (Phi) is 2.77. The van der Waals surface area contributed by atoms with Crippen LogP contribution in [0, 0.1) is 0 Å². The van der Waals surface area contributed by atoms with Crippen molar-refractivity contribution >= 4 is 16.8 Å². The van der Waals surface area contributed by atoms with E-state index in [2.05, 4.69) is 10.2 Å². The lowest BCUT2D eigenvalue weighted by atomic mass is 10.2. The second-order valence-corrected chi connectivity index (χ2v) is 4.90. The molecule has 0 saturated heterocycles. The first-order valence-electron chi connectivity index (χ1n) is 6.55. The zero-order valence-corrected chi connectivity index (χ0v) is 11.6. The zero-order valence-electron chi connectivity index (χ0n) is 11.6. The third-order valence-electron chi connectivity index (χ3n) is 3.78. The average molecular weight is 276 g/mol. The number of rotatable bonds is 2. The molecular formula is C13H16N4O3. The summed E-state index contributed by atoms with van der Waals surface area (Å²) in [4.78, 5) is 26.3. The van der Waals surface area contributed by atoms with Crippen LogP contribution in [0.2, 0.25) is 0 Å². The molecule has 0 saturated carbocycles. The Bertz CT molecular complexity index is 746. The number of hydrogen-bond donors (Lipinski definition) is 1. The van der Waals surface area contributed by atoms with E-state index >= 15 is 0 Å². The lowest BCUT2D eigenvalue weighted by molar-refractivity contribution is 0.0685. The van der Waals surface area contributed by atoms with Crippen molar-refractivity contribution in [3.8, 4) is 5.75 Å². The van der Waals surface area contributed by atoms with Crippen molar-refractivity contribution in [2.75, 3.05) is 20.2 Å². The molecule has 0 radical (unpaired) electrons. The molecule has 1 aliphatic rings. The molecule has 3 rings (SSSR count). The molecule has 1 aliphatic heterocycles. The van der Waals surface area contributed by atoms with Crippen molar-refractivity contribution in [2.24, 2.45) is 0 Å². The second kappa shape index (κ2) is 4.36. The maximum atomic E-state index is 12.5. The number of H-pyrrole nitrogens is 1. The topological polar surface area (TPSA) is 80.2 Å². The van der Waals surface area contributed by atoms with E-state index in [1.807, 2.05) is 18.4 Å². The summed E-state index contributed by atoms with van der Waals surface area (Å²) in [6.07, 6.45) is 1.56. The predicted octanol–water partition coefficient (Wildman–Crippen LogP) is 0.770. The van der Waals surface area contributed by atoms with E-state index in [1.54, 1.807) is 11.1 Å². The molecule has 1 N–H and O–H groups in total. The molecule has 0 fully saturated rings. The van der Waals surface area contributed by atoms with Gasteiger partial charge in [-0.05, 0) is 13.8 Å². The number of methoxy groups -OCH3 is 1. The van der Waals surface area contributed by atoms with Gasteiger partial charge in [-0.3, -0.25) is 9.59 Å². The Labute approximate surface area is 115 Å². The summed E-state index contributed by atoms with van der Waals surface area (Å²) in [7, 11) is 1.47. The first kappa shape index (κ1) is 12.7. The third kappa shape index (κ3) is 1.49. The smallest absolute Gasteiger partial charge is 0.277 e. The highest BCUT2D eigenvalue weighted by atomic mass is 16.5. The number of aromatic amines is 1. The molecule has 1 amide bonds. The molecule has 1 atom stereocenters. The molecule has 7 nitrogen and oxygen atoms in total. The van der Waals surface area contributed by atoms with Gasteiger partial charge in [-0.1, -0.05) is 0 Å². The molecule has 0 aromatic carbocycles. The van der Waals surface area contributed by atoms with Crippen LogP contribution in [0.3, 0.4) is 0 Å². The molecule has 106 valence electrons. The summed E-state index contributed by atoms with van der Waals surface area (Å²) in [6, 6.07) is 0.0673. The van der Waals surface area contributed by atoms with Crippen molar-refractivity contribution in [3.63, 3.8) is 0 Å². The van der Waals surface area contributed by atoms with Crippen LogP contribution < -0.4 is 10.3 Å². The van der Waals surface area contributed by atoms with Gasteiger partial charge in [0.25, 0.3) is 11.5 Å². The van der Waals surface area contributed by atoms with E-state index in [9.17, 15) is 9.59 Å². The number of likely N-dealkylation sites (N-methyl/N-ethyl adjacent to an activating group) is 1. The van der Waals surface area contributed by atoms with Crippen LogP contribution in [-0.4, -0.2) is 45.8 Å². The fourth-order valence-corrected chi connectivity index (χ4v) is 2.90. The fourth-order valence-electron chi connectivity index (χ4n) is 2.90. The Morgan fingerprint density at radius 3 is 2.90 bits per heavy atom. The highest BCUT2D eigenvalue weighted by Crippen LogP contribution is 2.36. The van der Waals surface area contributed by atoms with Gasteiger partial charge >= 0.3 is 0 Å². The maximum Gasteiger partial charge on any atom is 0.277 e. The standard InChI is InChI=1S/C13H16N4O3/c1-4-16-6-7(2)17-8-5-14-15-12(18)9(8)11(20-3)10(17)13(16)19/h5,7H,4,6H2,1-3H3,(H,15,18). The van der Waals surface area contributed by atoms with E-state index < -0.39 is 0 Å². The Morgan fingerprint density at radius 2 is 2.25 bits per heavy atom. The van der Waals surface area contributed by atoms with E-state index in [1.165, 1.54) is 7.11 Å². The number of amides is 1. The zero-order chi connectivity index (χ0) is 14.4. The first-order chi connectivity index (χ1) is 9.60. The minimum Gasteiger partial charge on any atom is -0.493 e. The summed E-state index contributed by atoms with van der Waals surface area (Å²) < 4.78 is 7.19. The van der Waals surface area contributed by atoms with Gasteiger partial charge in [0.15, 0.2) is 11.4 Å². The van der Waals surface area contributed by atoms with Gasteiger partial charge in [0.1, 0.15) is 5.39 Å². The number of carbonyl (C=O) groups is 1. The van der Waals surface area contributed by atoms with Crippen molar-refractivity contribution in [1.29, 1.82) is 0 Å². The van der Waals surface area contributed by atoms with E-state index in [0.717, 1.165) is 0 Å². The lowest BCUT2D eigenvalue weighted by Gasteiger charge is -2.32. The van der Waals surface area contributed by atoms with Crippen LogP contribution in [0.15, 0.2) is 11.0 Å². The van der Waals surface area contributed by atoms with Crippen molar-refractivity contribution < 1.29 is 9.53 Å². The number of nitrogens with one attached hydrogen (secondary N) is 1. The van der Waals surface area contributed by atoms with Crippen LogP contribution in [0.5, 0.6) is 5.75 Å². The number of nitrogens with zero attached hydrogens (tertiary/aromatic N) is 3. The number of fused-ring (bicyclic) bond motifs is 3. The van der Waals surface area contributed by atoms with Crippen LogP contribution in [0.25, 0.3) is 10.9 Å². The lowest BCUT2D eigenvalue weighted by Crippen LogP contribution is -2.41. The van der Waals surface area contributed by atoms with Gasteiger partial charge in [-0.2, -0.15) is 5.10 Å². The van der Waals surface area contributed by atoms with Crippen LogP contribution in [0.1, 0.15) is 30.4 Å². The molecule has 1 unspecified atom stereocenters. The van der Waals surface area contributed by atoms with Gasteiger partial charge in [0.2, 0.25) is 0 Å². The van der Waals surface area contributed by atoms with Crippen molar-refractivity contribution in [2.45, 2.75) is 19.9 Å². The van der Waals surface area contributed by atoms with Gasteiger partial charge in [-0.15, -0.1) is 0 Å².